The third-order valence-electron chi connectivity index (χ3n) is 5.80. The van der Waals surface area contributed by atoms with Gasteiger partial charge in [-0.15, -0.1) is 0 Å². The first kappa shape index (κ1) is 13.6. The van der Waals surface area contributed by atoms with Gasteiger partial charge in [-0.25, -0.2) is 0 Å². The first-order chi connectivity index (χ1) is 10.1. The highest BCUT2D eigenvalue weighted by Crippen LogP contribution is 2.60. The van der Waals surface area contributed by atoms with Gasteiger partial charge >= 0.3 is 0 Å². The molecule has 1 aromatic carbocycles. The van der Waals surface area contributed by atoms with Crippen LogP contribution in [0.25, 0.3) is 0 Å². The minimum Gasteiger partial charge on any atom is -0.289 e. The lowest BCUT2D eigenvalue weighted by Gasteiger charge is -2.55. The first-order valence-electron chi connectivity index (χ1n) is 8.11. The lowest BCUT2D eigenvalue weighted by molar-refractivity contribution is -0.0238. The summed E-state index contributed by atoms with van der Waals surface area (Å²) in [6.45, 7) is 0. The molecule has 4 bridgehead atoms. The third kappa shape index (κ3) is 2.57. The van der Waals surface area contributed by atoms with Gasteiger partial charge in [0.2, 0.25) is 0 Å². The van der Waals surface area contributed by atoms with Gasteiger partial charge in [0, 0.05) is 10.6 Å². The summed E-state index contributed by atoms with van der Waals surface area (Å²) in [6.07, 6.45) is 12.3. The Morgan fingerprint density at radius 2 is 1.52 bits per heavy atom. The van der Waals surface area contributed by atoms with Gasteiger partial charge in [-0.3, -0.25) is 4.79 Å². The SMILES string of the molecule is O=C(C=CC12CC3CC(CC(C3)C1)C2)c1ccc(Cl)cc1. The number of carbonyl (C=O) groups is 1. The Labute approximate surface area is 131 Å². The molecule has 4 aliphatic rings. The van der Waals surface area contributed by atoms with Gasteiger partial charge in [0.25, 0.3) is 0 Å². The van der Waals surface area contributed by atoms with Gasteiger partial charge in [-0.1, -0.05) is 17.7 Å². The summed E-state index contributed by atoms with van der Waals surface area (Å²) >= 11 is 5.87. The molecule has 0 aromatic heterocycles. The summed E-state index contributed by atoms with van der Waals surface area (Å²) in [4.78, 5) is 12.3. The van der Waals surface area contributed by atoms with E-state index in [1.54, 1.807) is 12.1 Å². The average Bonchev–Trinajstić information content (AvgIpc) is 2.44. The van der Waals surface area contributed by atoms with Gasteiger partial charge in [0.05, 0.1) is 0 Å². The molecule has 4 aliphatic carbocycles. The van der Waals surface area contributed by atoms with Crippen LogP contribution in [0.5, 0.6) is 0 Å². The predicted molar refractivity (Wildman–Crippen MR) is 85.5 cm³/mol. The van der Waals surface area contributed by atoms with Crippen LogP contribution in [-0.2, 0) is 0 Å². The van der Waals surface area contributed by atoms with Gasteiger partial charge in [-0.05, 0) is 92.0 Å². The Morgan fingerprint density at radius 1 is 1.00 bits per heavy atom. The lowest BCUT2D eigenvalue weighted by Crippen LogP contribution is -2.45. The molecule has 0 heterocycles. The number of ketones is 1. The van der Waals surface area contributed by atoms with Crippen molar-refractivity contribution in [3.05, 3.63) is 47.0 Å². The molecule has 2 heteroatoms. The van der Waals surface area contributed by atoms with Crippen LogP contribution in [-0.4, -0.2) is 5.78 Å². The van der Waals surface area contributed by atoms with E-state index in [-0.39, 0.29) is 5.78 Å². The Morgan fingerprint density at radius 3 is 2.05 bits per heavy atom. The van der Waals surface area contributed by atoms with E-state index in [2.05, 4.69) is 6.08 Å². The molecule has 4 saturated carbocycles. The van der Waals surface area contributed by atoms with Crippen LogP contribution in [0.15, 0.2) is 36.4 Å². The van der Waals surface area contributed by atoms with E-state index in [0.717, 1.165) is 23.3 Å². The number of halogens is 1. The Bertz CT molecular complexity index is 549. The van der Waals surface area contributed by atoms with Crippen LogP contribution in [0.3, 0.4) is 0 Å². The zero-order valence-electron chi connectivity index (χ0n) is 12.2. The van der Waals surface area contributed by atoms with E-state index in [1.807, 2.05) is 18.2 Å². The van der Waals surface area contributed by atoms with Crippen LogP contribution in [0.1, 0.15) is 48.9 Å². The maximum atomic E-state index is 12.3. The molecule has 1 nitrogen and oxygen atoms in total. The molecule has 0 aliphatic heterocycles. The van der Waals surface area contributed by atoms with E-state index in [1.165, 1.54) is 38.5 Å². The van der Waals surface area contributed by atoms with E-state index in [9.17, 15) is 4.79 Å². The minimum atomic E-state index is 0.113. The summed E-state index contributed by atoms with van der Waals surface area (Å²) in [5.41, 5.74) is 1.07. The predicted octanol–water partition coefficient (Wildman–Crippen LogP) is 5.30. The molecule has 110 valence electrons. The van der Waals surface area contributed by atoms with Gasteiger partial charge in [-0.2, -0.15) is 0 Å². The molecule has 0 radical (unpaired) electrons. The quantitative estimate of drug-likeness (QED) is 0.547. The van der Waals surface area contributed by atoms with Crippen LogP contribution < -0.4 is 0 Å². The summed E-state index contributed by atoms with van der Waals surface area (Å²) in [5, 5.41) is 0.677. The van der Waals surface area contributed by atoms with Crippen LogP contribution in [0.4, 0.5) is 0 Å². The minimum absolute atomic E-state index is 0.113. The van der Waals surface area contributed by atoms with Crippen molar-refractivity contribution in [1.82, 2.24) is 0 Å². The van der Waals surface area contributed by atoms with Gasteiger partial charge < -0.3 is 0 Å². The second kappa shape index (κ2) is 4.98. The molecule has 1 aromatic rings. The molecular weight excluding hydrogens is 280 g/mol. The van der Waals surface area contributed by atoms with Crippen LogP contribution in [0, 0.1) is 23.2 Å². The second-order valence-corrected chi connectivity index (χ2v) is 7.92. The maximum Gasteiger partial charge on any atom is 0.185 e. The number of allylic oxidation sites excluding steroid dienone is 2. The highest BCUT2D eigenvalue weighted by Gasteiger charge is 2.49. The number of hydrogen-bond donors (Lipinski definition) is 0. The molecule has 0 amide bonds. The molecular formula is C19H21ClO. The van der Waals surface area contributed by atoms with Gasteiger partial charge in [0.1, 0.15) is 0 Å². The molecule has 0 saturated heterocycles. The Hall–Kier alpha value is -1.08. The zero-order valence-corrected chi connectivity index (χ0v) is 13.0. The van der Waals surface area contributed by atoms with Gasteiger partial charge in [0.15, 0.2) is 5.78 Å². The molecule has 0 N–H and O–H groups in total. The number of benzene rings is 1. The molecule has 0 atom stereocenters. The highest BCUT2D eigenvalue weighted by molar-refractivity contribution is 6.30. The number of carbonyl (C=O) groups excluding carboxylic acids is 1. The average molecular weight is 301 g/mol. The fraction of sp³-hybridized carbons (Fsp3) is 0.526. The molecule has 21 heavy (non-hydrogen) atoms. The Kier molecular flexibility index (Phi) is 3.22. The van der Waals surface area contributed by atoms with Crippen molar-refractivity contribution < 1.29 is 4.79 Å². The topological polar surface area (TPSA) is 17.1 Å². The fourth-order valence-corrected chi connectivity index (χ4v) is 5.47. The normalized spacial score (nSPS) is 37.3. The molecule has 0 spiro atoms. The standard InChI is InChI=1S/C19H21ClO/c20-17-3-1-16(2-4-17)18(21)5-6-19-10-13-7-14(11-19)9-15(8-13)12-19/h1-6,13-15H,7-12H2. The molecule has 4 fully saturated rings. The summed E-state index contributed by atoms with van der Waals surface area (Å²) in [7, 11) is 0. The van der Waals surface area contributed by atoms with Crippen molar-refractivity contribution in [3.8, 4) is 0 Å². The fourth-order valence-electron chi connectivity index (χ4n) is 5.34. The monoisotopic (exact) mass is 300 g/mol. The zero-order chi connectivity index (χ0) is 14.4. The van der Waals surface area contributed by atoms with Crippen molar-refractivity contribution in [2.75, 3.05) is 0 Å². The Balaban J connectivity index is 1.52. The smallest absolute Gasteiger partial charge is 0.185 e. The van der Waals surface area contributed by atoms with Crippen molar-refractivity contribution in [2.24, 2.45) is 23.2 Å². The summed E-state index contributed by atoms with van der Waals surface area (Å²) < 4.78 is 0. The summed E-state index contributed by atoms with van der Waals surface area (Å²) in [6, 6.07) is 7.20. The summed E-state index contributed by atoms with van der Waals surface area (Å²) in [5.74, 6) is 2.88. The lowest BCUT2D eigenvalue weighted by atomic mass is 9.49. The third-order valence-corrected chi connectivity index (χ3v) is 6.05. The highest BCUT2D eigenvalue weighted by atomic mass is 35.5. The largest absolute Gasteiger partial charge is 0.289 e. The number of rotatable bonds is 3. The van der Waals surface area contributed by atoms with E-state index in [4.69, 9.17) is 11.6 Å². The van der Waals surface area contributed by atoms with Crippen LogP contribution >= 0.6 is 11.6 Å². The van der Waals surface area contributed by atoms with E-state index >= 15 is 0 Å². The van der Waals surface area contributed by atoms with Crippen molar-refractivity contribution >= 4 is 17.4 Å². The van der Waals surface area contributed by atoms with Crippen molar-refractivity contribution in [1.29, 1.82) is 0 Å². The number of hydrogen-bond acceptors (Lipinski definition) is 1. The van der Waals surface area contributed by atoms with Crippen LogP contribution in [0.2, 0.25) is 5.02 Å². The van der Waals surface area contributed by atoms with E-state index in [0.29, 0.717) is 10.4 Å². The molecule has 5 rings (SSSR count). The van der Waals surface area contributed by atoms with E-state index < -0.39 is 0 Å². The second-order valence-electron chi connectivity index (χ2n) is 7.48. The van der Waals surface area contributed by atoms with Crippen molar-refractivity contribution in [3.63, 3.8) is 0 Å². The maximum absolute atomic E-state index is 12.3. The van der Waals surface area contributed by atoms with Crippen molar-refractivity contribution in [2.45, 2.75) is 38.5 Å². The molecule has 0 unspecified atom stereocenters. The first-order valence-corrected chi connectivity index (χ1v) is 8.49.